The summed E-state index contributed by atoms with van der Waals surface area (Å²) >= 11 is 3.17. The van der Waals surface area contributed by atoms with Crippen molar-refractivity contribution < 1.29 is 14.6 Å². The van der Waals surface area contributed by atoms with Gasteiger partial charge in [-0.1, -0.05) is 46.3 Å². The first kappa shape index (κ1) is 18.2. The summed E-state index contributed by atoms with van der Waals surface area (Å²) < 4.78 is 7.51. The zero-order valence-electron chi connectivity index (χ0n) is 12.9. The third-order valence-corrected chi connectivity index (χ3v) is 3.93. The fourth-order valence-corrected chi connectivity index (χ4v) is 2.57. The van der Waals surface area contributed by atoms with Crippen LogP contribution >= 0.6 is 15.9 Å². The number of carboxylic acid groups (broad SMARTS) is 1. The largest absolute Gasteiger partial charge is 0.480 e. The van der Waals surface area contributed by atoms with Crippen LogP contribution in [0.4, 0.5) is 0 Å². The first-order chi connectivity index (χ1) is 11.5. The van der Waals surface area contributed by atoms with Crippen LogP contribution in [0.3, 0.4) is 0 Å². The summed E-state index contributed by atoms with van der Waals surface area (Å²) in [5.74, 6) is -1.15. The number of halogens is 1. The lowest BCUT2D eigenvalue weighted by Crippen LogP contribution is -2.42. The van der Waals surface area contributed by atoms with Gasteiger partial charge in [-0.25, -0.2) is 4.79 Å². The van der Waals surface area contributed by atoms with E-state index in [9.17, 15) is 14.4 Å². The van der Waals surface area contributed by atoms with Crippen molar-refractivity contribution in [1.29, 1.82) is 0 Å². The van der Waals surface area contributed by atoms with Crippen molar-refractivity contribution in [2.24, 2.45) is 0 Å². The predicted molar refractivity (Wildman–Crippen MR) is 91.3 cm³/mol. The van der Waals surface area contributed by atoms with Gasteiger partial charge in [-0.15, -0.1) is 0 Å². The van der Waals surface area contributed by atoms with Crippen LogP contribution < -0.4 is 11.2 Å². The molecular weight excluding hydrogens is 380 g/mol. The highest BCUT2D eigenvalue weighted by Gasteiger charge is 2.12. The molecule has 1 heterocycles. The highest BCUT2D eigenvalue weighted by molar-refractivity contribution is 9.08. The number of nitrogens with zero attached hydrogens (tertiary/aromatic N) is 2. The van der Waals surface area contributed by atoms with Crippen LogP contribution in [0.15, 0.2) is 46.1 Å². The highest BCUT2D eigenvalue weighted by Crippen LogP contribution is 2.01. The smallest absolute Gasteiger partial charge is 0.331 e. The van der Waals surface area contributed by atoms with Crippen molar-refractivity contribution in [3.63, 3.8) is 0 Å². The van der Waals surface area contributed by atoms with Gasteiger partial charge in [0, 0.05) is 17.1 Å². The Kier molecular flexibility index (Phi) is 6.51. The molecule has 0 radical (unpaired) electrons. The predicted octanol–water partition coefficient (Wildman–Crippen LogP) is 1.21. The quantitative estimate of drug-likeness (QED) is 0.534. The SMILES string of the molecule is O=C(O)Cn1cc(CBr)c(=O)n(CCOCc2ccccc2)c1=O. The van der Waals surface area contributed by atoms with Crippen LogP contribution in [0.2, 0.25) is 0 Å². The summed E-state index contributed by atoms with van der Waals surface area (Å²) in [6.07, 6.45) is 1.27. The molecule has 0 atom stereocenters. The van der Waals surface area contributed by atoms with Crippen LogP contribution in [-0.4, -0.2) is 26.8 Å². The molecule has 2 aromatic rings. The lowest BCUT2D eigenvalue weighted by molar-refractivity contribution is -0.137. The van der Waals surface area contributed by atoms with Gasteiger partial charge in [-0.3, -0.25) is 18.7 Å². The molecule has 0 saturated heterocycles. The fraction of sp³-hybridized carbons (Fsp3) is 0.312. The van der Waals surface area contributed by atoms with Crippen molar-refractivity contribution in [3.05, 3.63) is 68.5 Å². The molecule has 0 bridgehead atoms. The zero-order chi connectivity index (χ0) is 17.5. The summed E-state index contributed by atoms with van der Waals surface area (Å²) in [6, 6.07) is 9.52. The van der Waals surface area contributed by atoms with Gasteiger partial charge < -0.3 is 9.84 Å². The fourth-order valence-electron chi connectivity index (χ4n) is 2.18. The number of hydrogen-bond donors (Lipinski definition) is 1. The third kappa shape index (κ3) is 4.65. The maximum Gasteiger partial charge on any atom is 0.331 e. The van der Waals surface area contributed by atoms with Gasteiger partial charge in [0.25, 0.3) is 5.56 Å². The van der Waals surface area contributed by atoms with E-state index < -0.39 is 23.8 Å². The van der Waals surface area contributed by atoms with Crippen molar-refractivity contribution in [3.8, 4) is 0 Å². The molecule has 1 aromatic carbocycles. The number of carboxylic acids is 1. The molecule has 2 rings (SSSR count). The number of carbonyl (C=O) groups is 1. The average Bonchev–Trinajstić information content (AvgIpc) is 2.57. The van der Waals surface area contributed by atoms with Gasteiger partial charge in [0.05, 0.1) is 19.8 Å². The number of ether oxygens (including phenoxy) is 1. The van der Waals surface area contributed by atoms with Crippen LogP contribution in [0.1, 0.15) is 11.1 Å². The lowest BCUT2D eigenvalue weighted by Gasteiger charge is -2.11. The molecule has 24 heavy (non-hydrogen) atoms. The number of hydrogen-bond acceptors (Lipinski definition) is 4. The zero-order valence-corrected chi connectivity index (χ0v) is 14.4. The Morgan fingerprint density at radius 1 is 1.21 bits per heavy atom. The van der Waals surface area contributed by atoms with Crippen LogP contribution in [0.25, 0.3) is 0 Å². The van der Waals surface area contributed by atoms with Crippen LogP contribution in [-0.2, 0) is 34.6 Å². The second-order valence-electron chi connectivity index (χ2n) is 5.09. The van der Waals surface area contributed by atoms with E-state index in [2.05, 4.69) is 15.9 Å². The Morgan fingerprint density at radius 3 is 2.54 bits per heavy atom. The minimum Gasteiger partial charge on any atom is -0.480 e. The van der Waals surface area contributed by atoms with E-state index in [1.807, 2.05) is 30.3 Å². The number of aromatic nitrogens is 2. The molecule has 1 N–H and O–H groups in total. The van der Waals surface area contributed by atoms with Gasteiger partial charge in [0.1, 0.15) is 6.54 Å². The summed E-state index contributed by atoms with van der Waals surface area (Å²) in [5.41, 5.74) is 0.207. The van der Waals surface area contributed by atoms with Crippen molar-refractivity contribution >= 4 is 21.9 Å². The minimum absolute atomic E-state index is 0.0605. The maximum atomic E-state index is 12.2. The monoisotopic (exact) mass is 396 g/mol. The molecule has 0 saturated carbocycles. The van der Waals surface area contributed by atoms with E-state index in [4.69, 9.17) is 9.84 Å². The Morgan fingerprint density at radius 2 is 1.92 bits per heavy atom. The highest BCUT2D eigenvalue weighted by atomic mass is 79.9. The summed E-state index contributed by atoms with van der Waals surface area (Å²) in [5, 5.41) is 9.10. The normalized spacial score (nSPS) is 10.7. The molecule has 0 spiro atoms. The summed E-state index contributed by atoms with van der Waals surface area (Å²) in [4.78, 5) is 35.3. The van der Waals surface area contributed by atoms with E-state index in [-0.39, 0.29) is 18.5 Å². The Hall–Kier alpha value is -2.19. The second-order valence-corrected chi connectivity index (χ2v) is 5.65. The topological polar surface area (TPSA) is 90.5 Å². The standard InChI is InChI=1S/C16H17BrN2O5/c17-8-13-9-18(10-14(20)21)16(23)19(15(13)22)6-7-24-11-12-4-2-1-3-5-12/h1-5,9H,6-8,10-11H2,(H,20,21). The molecule has 7 nitrogen and oxygen atoms in total. The number of rotatable bonds is 8. The maximum absolute atomic E-state index is 12.2. The lowest BCUT2D eigenvalue weighted by atomic mass is 10.2. The molecule has 8 heteroatoms. The Bertz CT molecular complexity index is 813. The number of aliphatic carboxylic acids is 1. The van der Waals surface area contributed by atoms with Gasteiger partial charge >= 0.3 is 11.7 Å². The van der Waals surface area contributed by atoms with E-state index in [1.54, 1.807) is 0 Å². The first-order valence-electron chi connectivity index (χ1n) is 7.25. The van der Waals surface area contributed by atoms with Gasteiger partial charge in [-0.2, -0.15) is 0 Å². The average molecular weight is 397 g/mol. The van der Waals surface area contributed by atoms with Crippen molar-refractivity contribution in [2.45, 2.75) is 25.0 Å². The summed E-state index contributed by atoms with van der Waals surface area (Å²) in [6.45, 7) is 0.106. The molecule has 0 aliphatic rings. The Labute approximate surface area is 146 Å². The van der Waals surface area contributed by atoms with Gasteiger partial charge in [0.15, 0.2) is 0 Å². The third-order valence-electron chi connectivity index (χ3n) is 3.33. The number of alkyl halides is 1. The molecule has 1 aromatic heterocycles. The molecule has 0 unspecified atom stereocenters. The van der Waals surface area contributed by atoms with E-state index >= 15 is 0 Å². The van der Waals surface area contributed by atoms with Gasteiger partial charge in [0.2, 0.25) is 0 Å². The van der Waals surface area contributed by atoms with Crippen molar-refractivity contribution in [1.82, 2.24) is 9.13 Å². The number of benzene rings is 1. The minimum atomic E-state index is -1.15. The van der Waals surface area contributed by atoms with Crippen LogP contribution in [0, 0.1) is 0 Å². The van der Waals surface area contributed by atoms with E-state index in [0.29, 0.717) is 12.2 Å². The second kappa shape index (κ2) is 8.60. The van der Waals surface area contributed by atoms with Crippen molar-refractivity contribution in [2.75, 3.05) is 6.61 Å². The van der Waals surface area contributed by atoms with E-state index in [0.717, 1.165) is 14.7 Å². The molecular formula is C16H17BrN2O5. The van der Waals surface area contributed by atoms with Gasteiger partial charge in [-0.05, 0) is 5.56 Å². The molecule has 0 fully saturated rings. The molecule has 0 aliphatic carbocycles. The molecule has 0 aliphatic heterocycles. The first-order valence-corrected chi connectivity index (χ1v) is 8.37. The van der Waals surface area contributed by atoms with E-state index in [1.165, 1.54) is 6.20 Å². The van der Waals surface area contributed by atoms with Crippen LogP contribution in [0.5, 0.6) is 0 Å². The Balaban J connectivity index is 2.12. The molecule has 128 valence electrons. The molecule has 0 amide bonds. The summed E-state index contributed by atoms with van der Waals surface area (Å²) in [7, 11) is 0.